The Kier molecular flexibility index (Phi) is 3.96. The van der Waals surface area contributed by atoms with Crippen LogP contribution in [0.1, 0.15) is 36.0 Å². The van der Waals surface area contributed by atoms with E-state index in [2.05, 4.69) is 28.8 Å². The number of hydrogen-bond donors (Lipinski definition) is 2. The van der Waals surface area contributed by atoms with Gasteiger partial charge in [0.05, 0.1) is 0 Å². The molecular weight excluding hydrogens is 220 g/mol. The van der Waals surface area contributed by atoms with Crippen molar-refractivity contribution in [3.63, 3.8) is 0 Å². The summed E-state index contributed by atoms with van der Waals surface area (Å²) in [5.41, 5.74) is 4.63. The molecule has 1 saturated heterocycles. The summed E-state index contributed by atoms with van der Waals surface area (Å²) in [5.74, 6) is 0.827. The van der Waals surface area contributed by atoms with Crippen molar-refractivity contribution in [3.05, 3.63) is 34.9 Å². The van der Waals surface area contributed by atoms with Crippen molar-refractivity contribution in [2.45, 2.75) is 38.6 Å². The summed E-state index contributed by atoms with van der Waals surface area (Å²) >= 11 is 0. The number of piperidine rings is 1. The molecule has 2 N–H and O–H groups in total. The number of aryl methyl sites for hydroxylation is 2. The van der Waals surface area contributed by atoms with Crippen LogP contribution in [0.5, 0.6) is 0 Å². The third-order valence-electron chi connectivity index (χ3n) is 4.32. The highest BCUT2D eigenvalue weighted by Gasteiger charge is 2.13. The first-order chi connectivity index (χ1) is 8.92. The molecule has 18 heavy (non-hydrogen) atoms. The van der Waals surface area contributed by atoms with Crippen LogP contribution < -0.4 is 10.6 Å². The molecular formula is C16H24N2. The fourth-order valence-electron chi connectivity index (χ4n) is 3.25. The minimum atomic E-state index is 0.827. The van der Waals surface area contributed by atoms with Gasteiger partial charge in [-0.05, 0) is 74.3 Å². The molecule has 3 rings (SSSR count). The van der Waals surface area contributed by atoms with Gasteiger partial charge in [-0.2, -0.15) is 0 Å². The maximum absolute atomic E-state index is 3.62. The van der Waals surface area contributed by atoms with Gasteiger partial charge in [0, 0.05) is 6.54 Å². The molecule has 2 nitrogen and oxygen atoms in total. The number of hydrogen-bond acceptors (Lipinski definition) is 2. The van der Waals surface area contributed by atoms with Crippen molar-refractivity contribution in [1.29, 1.82) is 0 Å². The van der Waals surface area contributed by atoms with Gasteiger partial charge in [0.15, 0.2) is 0 Å². The number of fused-ring (bicyclic) bond motifs is 1. The average molecular weight is 244 g/mol. The molecule has 2 heteroatoms. The van der Waals surface area contributed by atoms with Crippen LogP contribution in [0.4, 0.5) is 0 Å². The van der Waals surface area contributed by atoms with Gasteiger partial charge >= 0.3 is 0 Å². The summed E-state index contributed by atoms with van der Waals surface area (Å²) in [4.78, 5) is 0. The van der Waals surface area contributed by atoms with Crippen LogP contribution in [0.15, 0.2) is 18.2 Å². The van der Waals surface area contributed by atoms with E-state index in [-0.39, 0.29) is 0 Å². The molecule has 1 aromatic carbocycles. The lowest BCUT2D eigenvalue weighted by Gasteiger charge is -2.23. The van der Waals surface area contributed by atoms with Gasteiger partial charge in [-0.1, -0.05) is 18.2 Å². The van der Waals surface area contributed by atoms with E-state index in [1.807, 2.05) is 0 Å². The maximum Gasteiger partial charge on any atom is 0.0205 e. The number of benzene rings is 1. The minimum absolute atomic E-state index is 0.827. The molecule has 98 valence electrons. The molecule has 0 bridgehead atoms. The number of rotatable bonds is 4. The zero-order valence-corrected chi connectivity index (χ0v) is 11.2. The molecule has 1 unspecified atom stereocenters. The first kappa shape index (κ1) is 12.2. The van der Waals surface area contributed by atoms with E-state index in [1.54, 1.807) is 11.1 Å². The molecule has 1 heterocycles. The van der Waals surface area contributed by atoms with Gasteiger partial charge < -0.3 is 10.6 Å². The van der Waals surface area contributed by atoms with Crippen LogP contribution in [0.2, 0.25) is 0 Å². The molecule has 0 aromatic heterocycles. The van der Waals surface area contributed by atoms with Crippen molar-refractivity contribution in [2.24, 2.45) is 5.92 Å². The van der Waals surface area contributed by atoms with Gasteiger partial charge in [0.1, 0.15) is 0 Å². The van der Waals surface area contributed by atoms with E-state index in [1.165, 1.54) is 50.8 Å². The quantitative estimate of drug-likeness (QED) is 0.849. The maximum atomic E-state index is 3.62. The van der Waals surface area contributed by atoms with Crippen molar-refractivity contribution in [3.8, 4) is 0 Å². The summed E-state index contributed by atoms with van der Waals surface area (Å²) in [6, 6.07) is 7.05. The summed E-state index contributed by atoms with van der Waals surface area (Å²) < 4.78 is 0. The van der Waals surface area contributed by atoms with Gasteiger partial charge in [0.2, 0.25) is 0 Å². The molecule has 1 aliphatic heterocycles. The van der Waals surface area contributed by atoms with E-state index in [9.17, 15) is 0 Å². The first-order valence-corrected chi connectivity index (χ1v) is 7.44. The van der Waals surface area contributed by atoms with E-state index < -0.39 is 0 Å². The highest BCUT2D eigenvalue weighted by atomic mass is 14.9. The van der Waals surface area contributed by atoms with Gasteiger partial charge in [0.25, 0.3) is 0 Å². The Bertz CT molecular complexity index is 394. The predicted octanol–water partition coefficient (Wildman–Crippen LogP) is 2.26. The SMILES string of the molecule is c1cc2c(cc1CNCC1CCCNC1)CCC2. The molecule has 0 radical (unpaired) electrons. The van der Waals surface area contributed by atoms with Crippen molar-refractivity contribution >= 4 is 0 Å². The van der Waals surface area contributed by atoms with Crippen LogP contribution in [0.3, 0.4) is 0 Å². The summed E-state index contributed by atoms with van der Waals surface area (Å²) in [6.07, 6.45) is 6.64. The Morgan fingerprint density at radius 3 is 3.00 bits per heavy atom. The lowest BCUT2D eigenvalue weighted by Crippen LogP contribution is -2.35. The van der Waals surface area contributed by atoms with Gasteiger partial charge in [-0.15, -0.1) is 0 Å². The Morgan fingerprint density at radius 2 is 2.11 bits per heavy atom. The smallest absolute Gasteiger partial charge is 0.0205 e. The minimum Gasteiger partial charge on any atom is -0.316 e. The monoisotopic (exact) mass is 244 g/mol. The molecule has 0 saturated carbocycles. The summed E-state index contributed by atoms with van der Waals surface area (Å²) in [5, 5.41) is 7.10. The predicted molar refractivity (Wildman–Crippen MR) is 75.8 cm³/mol. The third kappa shape index (κ3) is 2.93. The highest BCUT2D eigenvalue weighted by molar-refractivity contribution is 5.35. The number of nitrogens with one attached hydrogen (secondary N) is 2. The Balaban J connectivity index is 1.48. The van der Waals surface area contributed by atoms with Crippen molar-refractivity contribution < 1.29 is 0 Å². The van der Waals surface area contributed by atoms with Gasteiger partial charge in [-0.3, -0.25) is 0 Å². The average Bonchev–Trinajstić information content (AvgIpc) is 2.87. The topological polar surface area (TPSA) is 24.1 Å². The zero-order chi connectivity index (χ0) is 12.2. The van der Waals surface area contributed by atoms with Crippen LogP contribution in [0.25, 0.3) is 0 Å². The van der Waals surface area contributed by atoms with Crippen molar-refractivity contribution in [2.75, 3.05) is 19.6 Å². The highest BCUT2D eigenvalue weighted by Crippen LogP contribution is 2.22. The Hall–Kier alpha value is -0.860. The van der Waals surface area contributed by atoms with Crippen LogP contribution in [-0.4, -0.2) is 19.6 Å². The standard InChI is InChI=1S/C16H24N2/c1-4-15-7-6-13(9-16(15)5-1)10-18-12-14-3-2-8-17-11-14/h6-7,9,14,17-18H,1-5,8,10-12H2. The molecule has 1 aromatic rings. The molecule has 1 fully saturated rings. The van der Waals surface area contributed by atoms with E-state index >= 15 is 0 Å². The molecule has 0 amide bonds. The lowest BCUT2D eigenvalue weighted by molar-refractivity contribution is 0.360. The lowest BCUT2D eigenvalue weighted by atomic mass is 9.99. The van der Waals surface area contributed by atoms with Crippen LogP contribution in [-0.2, 0) is 19.4 Å². The van der Waals surface area contributed by atoms with Crippen LogP contribution in [0, 0.1) is 5.92 Å². The fourth-order valence-corrected chi connectivity index (χ4v) is 3.25. The fraction of sp³-hybridized carbons (Fsp3) is 0.625. The molecule has 0 spiro atoms. The largest absolute Gasteiger partial charge is 0.316 e. The third-order valence-corrected chi connectivity index (χ3v) is 4.32. The second-order valence-electron chi connectivity index (χ2n) is 5.80. The normalized spacial score (nSPS) is 23.0. The van der Waals surface area contributed by atoms with E-state index in [0.717, 1.165) is 19.0 Å². The Morgan fingerprint density at radius 1 is 1.17 bits per heavy atom. The second-order valence-corrected chi connectivity index (χ2v) is 5.80. The Labute approximate surface area is 110 Å². The molecule has 1 atom stereocenters. The summed E-state index contributed by atoms with van der Waals surface area (Å²) in [6.45, 7) is 4.59. The zero-order valence-electron chi connectivity index (χ0n) is 11.2. The second kappa shape index (κ2) is 5.85. The summed E-state index contributed by atoms with van der Waals surface area (Å²) in [7, 11) is 0. The van der Waals surface area contributed by atoms with E-state index in [4.69, 9.17) is 0 Å². The van der Waals surface area contributed by atoms with Crippen LogP contribution >= 0.6 is 0 Å². The molecule has 2 aliphatic rings. The van der Waals surface area contributed by atoms with Gasteiger partial charge in [-0.25, -0.2) is 0 Å². The molecule has 1 aliphatic carbocycles. The first-order valence-electron chi connectivity index (χ1n) is 7.44. The van der Waals surface area contributed by atoms with E-state index in [0.29, 0.717) is 0 Å². The van der Waals surface area contributed by atoms with Crippen molar-refractivity contribution in [1.82, 2.24) is 10.6 Å².